The van der Waals surface area contributed by atoms with Gasteiger partial charge in [-0.25, -0.2) is 9.50 Å². The van der Waals surface area contributed by atoms with Crippen LogP contribution < -0.4 is 10.1 Å². The quantitative estimate of drug-likeness (QED) is 0.943. The van der Waals surface area contributed by atoms with Gasteiger partial charge in [-0.15, -0.1) is 0 Å². The van der Waals surface area contributed by atoms with E-state index in [2.05, 4.69) is 15.4 Å². The largest absolute Gasteiger partial charge is 0.476 e. The van der Waals surface area contributed by atoms with E-state index in [0.29, 0.717) is 12.5 Å². The maximum absolute atomic E-state index is 12.7. The Balaban J connectivity index is 1.79. The summed E-state index contributed by atoms with van der Waals surface area (Å²) in [5.74, 6) is 0.595. The fourth-order valence-electron chi connectivity index (χ4n) is 2.39. The van der Waals surface area contributed by atoms with Crippen LogP contribution in [0.3, 0.4) is 0 Å². The summed E-state index contributed by atoms with van der Waals surface area (Å²) >= 11 is 0. The van der Waals surface area contributed by atoms with E-state index in [9.17, 15) is 13.2 Å². The standard InChI is InChI=1S/C13H15F3N4O/c14-13(15,16)11-7-10-12(18-5-6-20(10)19-11)21-8-9-1-3-17-4-2-9/h5-7,9,17H,1-4,8H2. The molecule has 0 saturated carbocycles. The molecule has 0 amide bonds. The first kappa shape index (κ1) is 14.1. The van der Waals surface area contributed by atoms with Gasteiger partial charge in [0.25, 0.3) is 0 Å². The molecule has 1 aliphatic rings. The molecule has 0 spiro atoms. The van der Waals surface area contributed by atoms with Gasteiger partial charge < -0.3 is 10.1 Å². The van der Waals surface area contributed by atoms with Crippen LogP contribution in [0.5, 0.6) is 5.88 Å². The first-order chi connectivity index (χ1) is 10.0. The number of hydrogen-bond donors (Lipinski definition) is 1. The number of nitrogens with one attached hydrogen (secondary N) is 1. The number of hydrogen-bond acceptors (Lipinski definition) is 4. The Hall–Kier alpha value is -1.83. The summed E-state index contributed by atoms with van der Waals surface area (Å²) in [5.41, 5.74) is -0.707. The number of nitrogens with zero attached hydrogens (tertiary/aromatic N) is 3. The Labute approximate surface area is 119 Å². The number of alkyl halides is 3. The zero-order valence-corrected chi connectivity index (χ0v) is 11.2. The highest BCUT2D eigenvalue weighted by atomic mass is 19.4. The normalized spacial score (nSPS) is 17.3. The van der Waals surface area contributed by atoms with Gasteiger partial charge in [0, 0.05) is 18.5 Å². The van der Waals surface area contributed by atoms with Gasteiger partial charge in [0.05, 0.1) is 6.61 Å². The second-order valence-electron chi connectivity index (χ2n) is 5.09. The molecular weight excluding hydrogens is 285 g/mol. The highest BCUT2D eigenvalue weighted by Gasteiger charge is 2.34. The van der Waals surface area contributed by atoms with Crippen LogP contribution in [0.2, 0.25) is 0 Å². The van der Waals surface area contributed by atoms with E-state index in [0.717, 1.165) is 36.5 Å². The summed E-state index contributed by atoms with van der Waals surface area (Å²) in [4.78, 5) is 4.02. The van der Waals surface area contributed by atoms with Crippen LogP contribution in [-0.4, -0.2) is 34.3 Å². The Kier molecular flexibility index (Phi) is 3.71. The van der Waals surface area contributed by atoms with Crippen molar-refractivity contribution in [1.29, 1.82) is 0 Å². The predicted molar refractivity (Wildman–Crippen MR) is 69.1 cm³/mol. The first-order valence-corrected chi connectivity index (χ1v) is 6.79. The average molecular weight is 300 g/mol. The molecule has 0 atom stereocenters. The van der Waals surface area contributed by atoms with Gasteiger partial charge in [-0.05, 0) is 31.8 Å². The van der Waals surface area contributed by atoms with Crippen molar-refractivity contribution in [2.45, 2.75) is 19.0 Å². The van der Waals surface area contributed by atoms with Crippen LogP contribution in [-0.2, 0) is 6.18 Å². The van der Waals surface area contributed by atoms with E-state index >= 15 is 0 Å². The van der Waals surface area contributed by atoms with Crippen LogP contribution in [0, 0.1) is 5.92 Å². The number of ether oxygens (including phenoxy) is 1. The predicted octanol–water partition coefficient (Wildman–Crippen LogP) is 2.13. The summed E-state index contributed by atoms with van der Waals surface area (Å²) in [5, 5.41) is 6.75. The molecule has 1 N–H and O–H groups in total. The van der Waals surface area contributed by atoms with Crippen molar-refractivity contribution in [2.24, 2.45) is 5.92 Å². The number of halogens is 3. The van der Waals surface area contributed by atoms with E-state index in [1.807, 2.05) is 0 Å². The number of rotatable bonds is 3. The molecule has 2 aromatic rings. The number of fused-ring (bicyclic) bond motifs is 1. The van der Waals surface area contributed by atoms with Gasteiger partial charge in [-0.1, -0.05) is 0 Å². The molecule has 114 valence electrons. The van der Waals surface area contributed by atoms with Crippen LogP contribution >= 0.6 is 0 Å². The highest BCUT2D eigenvalue weighted by Crippen LogP contribution is 2.30. The third-order valence-electron chi connectivity index (χ3n) is 3.56. The molecule has 0 aromatic carbocycles. The smallest absolute Gasteiger partial charge is 0.435 e. The van der Waals surface area contributed by atoms with Crippen molar-refractivity contribution < 1.29 is 17.9 Å². The second-order valence-corrected chi connectivity index (χ2v) is 5.09. The lowest BCUT2D eigenvalue weighted by molar-refractivity contribution is -0.141. The van der Waals surface area contributed by atoms with Crippen molar-refractivity contribution in [3.63, 3.8) is 0 Å². The van der Waals surface area contributed by atoms with Gasteiger partial charge in [-0.2, -0.15) is 18.3 Å². The molecule has 1 fully saturated rings. The average Bonchev–Trinajstić information content (AvgIpc) is 2.91. The third-order valence-corrected chi connectivity index (χ3v) is 3.56. The van der Waals surface area contributed by atoms with E-state index in [1.54, 1.807) is 0 Å². The van der Waals surface area contributed by atoms with E-state index < -0.39 is 11.9 Å². The number of piperidine rings is 1. The SMILES string of the molecule is FC(F)(F)c1cc2c(OCC3CCNCC3)nccn2n1. The second kappa shape index (κ2) is 5.51. The Morgan fingerprint density at radius 2 is 2.10 bits per heavy atom. The summed E-state index contributed by atoms with van der Waals surface area (Å²) in [6, 6.07) is 0.963. The summed E-state index contributed by atoms with van der Waals surface area (Å²) in [6.45, 7) is 2.34. The highest BCUT2D eigenvalue weighted by molar-refractivity contribution is 5.56. The Morgan fingerprint density at radius 1 is 1.33 bits per heavy atom. The van der Waals surface area contributed by atoms with Crippen molar-refractivity contribution in [1.82, 2.24) is 19.9 Å². The molecule has 0 bridgehead atoms. The monoisotopic (exact) mass is 300 g/mol. The molecule has 21 heavy (non-hydrogen) atoms. The number of aromatic nitrogens is 3. The molecule has 5 nitrogen and oxygen atoms in total. The molecule has 0 aliphatic carbocycles. The molecule has 8 heteroatoms. The fraction of sp³-hybridized carbons (Fsp3) is 0.538. The topological polar surface area (TPSA) is 51.5 Å². The van der Waals surface area contributed by atoms with Crippen LogP contribution in [0.25, 0.3) is 5.52 Å². The zero-order chi connectivity index (χ0) is 14.9. The molecule has 2 aromatic heterocycles. The minimum Gasteiger partial charge on any atom is -0.476 e. The van der Waals surface area contributed by atoms with Crippen molar-refractivity contribution in [3.8, 4) is 5.88 Å². The van der Waals surface area contributed by atoms with Crippen molar-refractivity contribution in [3.05, 3.63) is 24.2 Å². The Morgan fingerprint density at radius 3 is 2.81 bits per heavy atom. The van der Waals surface area contributed by atoms with Crippen molar-refractivity contribution >= 4 is 5.52 Å². The fourth-order valence-corrected chi connectivity index (χ4v) is 2.39. The zero-order valence-electron chi connectivity index (χ0n) is 11.2. The minimum absolute atomic E-state index is 0.194. The summed E-state index contributed by atoms with van der Waals surface area (Å²) < 4.78 is 44.8. The minimum atomic E-state index is -4.47. The molecule has 1 aliphatic heterocycles. The molecule has 0 radical (unpaired) electrons. The van der Waals surface area contributed by atoms with Crippen LogP contribution in [0.1, 0.15) is 18.5 Å². The van der Waals surface area contributed by atoms with E-state index in [1.165, 1.54) is 12.4 Å². The van der Waals surface area contributed by atoms with E-state index in [-0.39, 0.29) is 11.4 Å². The summed E-state index contributed by atoms with van der Waals surface area (Å²) in [6.07, 6.45) is 0.282. The lowest BCUT2D eigenvalue weighted by Gasteiger charge is -2.22. The molecule has 1 saturated heterocycles. The molecule has 0 unspecified atom stereocenters. The lowest BCUT2D eigenvalue weighted by atomic mass is 9.99. The van der Waals surface area contributed by atoms with Crippen molar-refractivity contribution in [2.75, 3.05) is 19.7 Å². The Bertz CT molecular complexity index is 619. The van der Waals surface area contributed by atoms with E-state index in [4.69, 9.17) is 4.74 Å². The van der Waals surface area contributed by atoms with Crippen LogP contribution in [0.4, 0.5) is 13.2 Å². The molecule has 3 rings (SSSR count). The van der Waals surface area contributed by atoms with Gasteiger partial charge >= 0.3 is 6.18 Å². The summed E-state index contributed by atoms with van der Waals surface area (Å²) in [7, 11) is 0. The van der Waals surface area contributed by atoms with Crippen LogP contribution in [0.15, 0.2) is 18.5 Å². The molecule has 3 heterocycles. The van der Waals surface area contributed by atoms with Gasteiger partial charge in [0.1, 0.15) is 5.52 Å². The van der Waals surface area contributed by atoms with Gasteiger partial charge in [0.15, 0.2) is 5.69 Å². The maximum atomic E-state index is 12.7. The van der Waals surface area contributed by atoms with Gasteiger partial charge in [0.2, 0.25) is 5.88 Å². The first-order valence-electron chi connectivity index (χ1n) is 6.79. The van der Waals surface area contributed by atoms with Gasteiger partial charge in [-0.3, -0.25) is 0 Å². The third kappa shape index (κ3) is 3.10. The lowest BCUT2D eigenvalue weighted by Crippen LogP contribution is -2.30. The maximum Gasteiger partial charge on any atom is 0.435 e. The molecular formula is C13H15F3N4O.